The molecule has 7 nitrogen and oxygen atoms in total. The first-order chi connectivity index (χ1) is 12.9. The number of aromatic nitrogens is 4. The van der Waals surface area contributed by atoms with Gasteiger partial charge >= 0.3 is 5.69 Å². The summed E-state index contributed by atoms with van der Waals surface area (Å²) >= 11 is 5.93. The van der Waals surface area contributed by atoms with Gasteiger partial charge in [-0.2, -0.15) is 5.10 Å². The highest BCUT2D eigenvalue weighted by Gasteiger charge is 2.40. The van der Waals surface area contributed by atoms with Crippen LogP contribution in [-0.4, -0.2) is 55.6 Å². The molecule has 1 saturated heterocycles. The third-order valence-electron chi connectivity index (χ3n) is 5.00. The fourth-order valence-corrected chi connectivity index (χ4v) is 3.90. The molecular weight excluding hydrogens is 380 g/mol. The Hall–Kier alpha value is -2.29. The minimum atomic E-state index is -1.67. The van der Waals surface area contributed by atoms with Crippen molar-refractivity contribution < 1.29 is 13.6 Å². The Morgan fingerprint density at radius 1 is 1.26 bits per heavy atom. The van der Waals surface area contributed by atoms with E-state index in [1.807, 2.05) is 0 Å². The summed E-state index contributed by atoms with van der Waals surface area (Å²) in [6.45, 7) is -0.373. The Labute approximate surface area is 158 Å². The number of nitrogens with zero attached hydrogens (tertiary/aromatic N) is 5. The van der Waals surface area contributed by atoms with Crippen LogP contribution >= 0.6 is 11.6 Å². The molecule has 0 radical (unpaired) electrons. The number of hydrogen-bond acceptors (Lipinski definition) is 4. The average Bonchev–Trinajstić information content (AvgIpc) is 3.14. The lowest BCUT2D eigenvalue weighted by Crippen LogP contribution is -2.42. The van der Waals surface area contributed by atoms with Crippen LogP contribution in [0.5, 0.6) is 0 Å². The first-order valence-electron chi connectivity index (χ1n) is 8.78. The third kappa shape index (κ3) is 3.36. The van der Waals surface area contributed by atoms with Gasteiger partial charge in [0, 0.05) is 18.8 Å². The molecule has 27 heavy (non-hydrogen) atoms. The largest absolute Gasteiger partial charge is 0.346 e. The molecule has 10 heteroatoms. The summed E-state index contributed by atoms with van der Waals surface area (Å²) in [6.07, 6.45) is 1.42. The Morgan fingerprint density at radius 3 is 2.70 bits per heavy atom. The van der Waals surface area contributed by atoms with Gasteiger partial charge < -0.3 is 4.90 Å². The standard InChI is InChI=1S/C17H18ClF2N5O2/c18-11-4-10(5-21-6-11)7-24-17(27)25-14(2-1-3-15(25)22-24)16(26)23-8-12(19)13(20)9-23/h4-6,12-14H,1-3,7-9H2/t12?,13?,14-/m0/s1. The molecule has 0 spiro atoms. The smallest absolute Gasteiger partial charge is 0.335 e. The zero-order valence-corrected chi connectivity index (χ0v) is 15.1. The van der Waals surface area contributed by atoms with Gasteiger partial charge in [-0.1, -0.05) is 11.6 Å². The third-order valence-corrected chi connectivity index (χ3v) is 5.21. The minimum absolute atomic E-state index is 0.177. The second-order valence-electron chi connectivity index (χ2n) is 6.92. The molecule has 0 aliphatic carbocycles. The number of carbonyl (C=O) groups excluding carboxylic acids is 1. The van der Waals surface area contributed by atoms with Gasteiger partial charge in [-0.25, -0.2) is 18.3 Å². The summed E-state index contributed by atoms with van der Waals surface area (Å²) in [4.78, 5) is 30.8. The van der Waals surface area contributed by atoms with Crippen LogP contribution in [0.2, 0.25) is 5.02 Å². The highest BCUT2D eigenvalue weighted by molar-refractivity contribution is 6.30. The van der Waals surface area contributed by atoms with E-state index in [9.17, 15) is 18.4 Å². The van der Waals surface area contributed by atoms with Gasteiger partial charge in [0.05, 0.1) is 24.7 Å². The van der Waals surface area contributed by atoms with Gasteiger partial charge in [0.15, 0.2) is 12.3 Å². The Morgan fingerprint density at radius 2 is 2.00 bits per heavy atom. The van der Waals surface area contributed by atoms with Crippen LogP contribution in [0.3, 0.4) is 0 Å². The van der Waals surface area contributed by atoms with Gasteiger partial charge in [-0.05, 0) is 24.5 Å². The molecule has 0 saturated carbocycles. The molecule has 1 fully saturated rings. The van der Waals surface area contributed by atoms with Gasteiger partial charge in [0.2, 0.25) is 5.91 Å². The topological polar surface area (TPSA) is 73.0 Å². The summed E-state index contributed by atoms with van der Waals surface area (Å²) in [5.41, 5.74) is 0.291. The van der Waals surface area contributed by atoms with Crippen molar-refractivity contribution in [3.8, 4) is 0 Å². The molecule has 2 unspecified atom stereocenters. The lowest BCUT2D eigenvalue weighted by atomic mass is 10.0. The van der Waals surface area contributed by atoms with Crippen molar-refractivity contribution in [2.75, 3.05) is 13.1 Å². The van der Waals surface area contributed by atoms with Gasteiger partial charge in [0.25, 0.3) is 0 Å². The van der Waals surface area contributed by atoms with Gasteiger partial charge in [-0.15, -0.1) is 0 Å². The second-order valence-corrected chi connectivity index (χ2v) is 7.36. The fourth-order valence-electron chi connectivity index (χ4n) is 3.70. The summed E-state index contributed by atoms with van der Waals surface area (Å²) in [5, 5.41) is 4.79. The van der Waals surface area contributed by atoms with Crippen LogP contribution in [0, 0.1) is 0 Å². The monoisotopic (exact) mass is 397 g/mol. The van der Waals surface area contributed by atoms with Crippen molar-refractivity contribution in [1.82, 2.24) is 24.2 Å². The van der Waals surface area contributed by atoms with Crippen LogP contribution in [0.1, 0.15) is 30.3 Å². The molecule has 3 atom stereocenters. The molecule has 2 aliphatic rings. The minimum Gasteiger partial charge on any atom is -0.335 e. The molecule has 2 aliphatic heterocycles. The lowest BCUT2D eigenvalue weighted by Gasteiger charge is -2.26. The SMILES string of the molecule is O=C([C@@H]1CCCc2nn(Cc3cncc(Cl)c3)c(=O)n21)N1CC(F)C(F)C1. The summed E-state index contributed by atoms with van der Waals surface area (Å²) in [7, 11) is 0. The predicted molar refractivity (Wildman–Crippen MR) is 93.2 cm³/mol. The number of pyridine rings is 1. The van der Waals surface area contributed by atoms with E-state index in [1.54, 1.807) is 12.3 Å². The van der Waals surface area contributed by atoms with Crippen molar-refractivity contribution in [3.05, 3.63) is 45.4 Å². The van der Waals surface area contributed by atoms with Crippen molar-refractivity contribution in [3.63, 3.8) is 0 Å². The van der Waals surface area contributed by atoms with E-state index >= 15 is 0 Å². The van der Waals surface area contributed by atoms with Crippen molar-refractivity contribution in [1.29, 1.82) is 0 Å². The molecule has 2 aromatic heterocycles. The highest BCUT2D eigenvalue weighted by Crippen LogP contribution is 2.27. The quantitative estimate of drug-likeness (QED) is 0.787. The van der Waals surface area contributed by atoms with E-state index in [0.717, 1.165) is 0 Å². The molecule has 4 heterocycles. The first-order valence-corrected chi connectivity index (χ1v) is 9.16. The van der Waals surface area contributed by atoms with E-state index in [4.69, 9.17) is 11.6 Å². The highest BCUT2D eigenvalue weighted by atomic mass is 35.5. The number of fused-ring (bicyclic) bond motifs is 1. The zero-order chi connectivity index (χ0) is 19.1. The van der Waals surface area contributed by atoms with Crippen LogP contribution in [-0.2, 0) is 17.8 Å². The van der Waals surface area contributed by atoms with Crippen molar-refractivity contribution in [2.45, 2.75) is 44.2 Å². The van der Waals surface area contributed by atoms with E-state index in [2.05, 4.69) is 10.1 Å². The normalized spacial score (nSPS) is 24.9. The molecular formula is C17H18ClF2N5O2. The number of alkyl halides is 2. The Bertz CT molecular complexity index is 920. The van der Waals surface area contributed by atoms with Crippen molar-refractivity contribution in [2.24, 2.45) is 0 Å². The summed E-state index contributed by atoms with van der Waals surface area (Å²) in [5.74, 6) is 0.0807. The number of likely N-dealkylation sites (tertiary alicyclic amines) is 1. The van der Waals surface area contributed by atoms with E-state index < -0.39 is 30.0 Å². The van der Waals surface area contributed by atoms with Gasteiger partial charge in [0.1, 0.15) is 11.9 Å². The molecule has 0 N–H and O–H groups in total. The van der Waals surface area contributed by atoms with Crippen molar-refractivity contribution >= 4 is 17.5 Å². The van der Waals surface area contributed by atoms with Gasteiger partial charge in [-0.3, -0.25) is 14.3 Å². The molecule has 0 bridgehead atoms. The Balaban J connectivity index is 1.62. The maximum absolute atomic E-state index is 13.5. The number of carbonyl (C=O) groups is 1. The van der Waals surface area contributed by atoms with Crippen LogP contribution < -0.4 is 5.69 Å². The van der Waals surface area contributed by atoms with Crippen LogP contribution in [0.15, 0.2) is 23.3 Å². The molecule has 0 aromatic carbocycles. The summed E-state index contributed by atoms with van der Waals surface area (Å²) < 4.78 is 29.6. The summed E-state index contributed by atoms with van der Waals surface area (Å²) in [6, 6.07) is 0.916. The molecule has 1 amide bonds. The van der Waals surface area contributed by atoms with E-state index in [0.29, 0.717) is 35.7 Å². The van der Waals surface area contributed by atoms with E-state index in [1.165, 1.54) is 20.3 Å². The predicted octanol–water partition coefficient (Wildman–Crippen LogP) is 1.54. The second kappa shape index (κ2) is 7.03. The number of rotatable bonds is 3. The number of aryl methyl sites for hydroxylation is 1. The first kappa shape index (κ1) is 18.1. The number of hydrogen-bond donors (Lipinski definition) is 0. The maximum atomic E-state index is 13.5. The average molecular weight is 398 g/mol. The fraction of sp³-hybridized carbons (Fsp3) is 0.529. The molecule has 2 aromatic rings. The van der Waals surface area contributed by atoms with Crippen LogP contribution in [0.4, 0.5) is 8.78 Å². The Kier molecular flexibility index (Phi) is 4.71. The zero-order valence-electron chi connectivity index (χ0n) is 14.4. The molecule has 4 rings (SSSR count). The van der Waals surface area contributed by atoms with Crippen LogP contribution in [0.25, 0.3) is 0 Å². The number of halogens is 3. The molecule has 144 valence electrons. The number of amides is 1. The van der Waals surface area contributed by atoms with E-state index in [-0.39, 0.29) is 19.6 Å². The lowest BCUT2D eigenvalue weighted by molar-refractivity contribution is -0.134. The maximum Gasteiger partial charge on any atom is 0.346 e.